The highest BCUT2D eigenvalue weighted by Gasteiger charge is 2.25. The molecule has 1 heterocycles. The molecule has 0 aromatic heterocycles. The van der Waals surface area contributed by atoms with Crippen LogP contribution in [0.25, 0.3) is 0 Å². The van der Waals surface area contributed by atoms with Crippen LogP contribution in [0.4, 0.5) is 0 Å². The molecule has 94 valence electrons. The first-order valence-electron chi connectivity index (χ1n) is 6.90. The van der Waals surface area contributed by atoms with E-state index in [1.54, 1.807) is 0 Å². The van der Waals surface area contributed by atoms with Gasteiger partial charge in [-0.15, -0.1) is 0 Å². The number of ether oxygens (including phenoxy) is 1. The van der Waals surface area contributed by atoms with Gasteiger partial charge >= 0.3 is 0 Å². The summed E-state index contributed by atoms with van der Waals surface area (Å²) < 4.78 is 5.50. The lowest BCUT2D eigenvalue weighted by atomic mass is 9.79. The van der Waals surface area contributed by atoms with Crippen molar-refractivity contribution in [2.24, 2.45) is 17.6 Å². The molecule has 16 heavy (non-hydrogen) atoms. The van der Waals surface area contributed by atoms with Gasteiger partial charge in [0.15, 0.2) is 0 Å². The summed E-state index contributed by atoms with van der Waals surface area (Å²) >= 11 is 0. The SMILES string of the molecule is NCC1CCCCC1CN1CCCOCC1. The molecule has 1 aliphatic carbocycles. The molecule has 0 amide bonds. The molecule has 2 N–H and O–H groups in total. The Labute approximate surface area is 99.3 Å². The second-order valence-corrected chi connectivity index (χ2v) is 5.31. The Morgan fingerprint density at radius 2 is 1.81 bits per heavy atom. The van der Waals surface area contributed by atoms with Crippen LogP contribution in [0.15, 0.2) is 0 Å². The Kier molecular flexibility index (Phi) is 5.07. The van der Waals surface area contributed by atoms with E-state index in [1.165, 1.54) is 45.2 Å². The third-order valence-electron chi connectivity index (χ3n) is 4.18. The molecule has 2 fully saturated rings. The third-order valence-corrected chi connectivity index (χ3v) is 4.18. The lowest BCUT2D eigenvalue weighted by Crippen LogP contribution is -2.38. The smallest absolute Gasteiger partial charge is 0.0593 e. The average Bonchev–Trinajstić information content (AvgIpc) is 2.58. The maximum Gasteiger partial charge on any atom is 0.0593 e. The fourth-order valence-corrected chi connectivity index (χ4v) is 3.15. The minimum Gasteiger partial charge on any atom is -0.380 e. The molecule has 0 aromatic rings. The van der Waals surface area contributed by atoms with Crippen LogP contribution in [-0.4, -0.2) is 44.3 Å². The summed E-state index contributed by atoms with van der Waals surface area (Å²) in [4.78, 5) is 2.59. The zero-order valence-corrected chi connectivity index (χ0v) is 10.4. The third kappa shape index (κ3) is 3.44. The highest BCUT2D eigenvalue weighted by atomic mass is 16.5. The molecule has 1 saturated heterocycles. The Hall–Kier alpha value is -0.120. The van der Waals surface area contributed by atoms with Gasteiger partial charge in [-0.05, 0) is 37.6 Å². The predicted molar refractivity (Wildman–Crippen MR) is 66.4 cm³/mol. The zero-order chi connectivity index (χ0) is 11.2. The van der Waals surface area contributed by atoms with Crippen molar-refractivity contribution in [2.45, 2.75) is 32.1 Å². The van der Waals surface area contributed by atoms with E-state index in [-0.39, 0.29) is 0 Å². The van der Waals surface area contributed by atoms with Crippen molar-refractivity contribution < 1.29 is 4.74 Å². The van der Waals surface area contributed by atoms with E-state index < -0.39 is 0 Å². The van der Waals surface area contributed by atoms with E-state index in [4.69, 9.17) is 10.5 Å². The zero-order valence-electron chi connectivity index (χ0n) is 10.4. The maximum atomic E-state index is 5.89. The summed E-state index contributed by atoms with van der Waals surface area (Å²) in [5.74, 6) is 1.62. The Bertz CT molecular complexity index is 190. The monoisotopic (exact) mass is 226 g/mol. The molecule has 3 nitrogen and oxygen atoms in total. The van der Waals surface area contributed by atoms with Gasteiger partial charge in [0, 0.05) is 26.2 Å². The van der Waals surface area contributed by atoms with Crippen molar-refractivity contribution in [3.63, 3.8) is 0 Å². The minimum absolute atomic E-state index is 0.776. The normalized spacial score (nSPS) is 33.6. The van der Waals surface area contributed by atoms with E-state index in [2.05, 4.69) is 4.90 Å². The first-order chi connectivity index (χ1) is 7.90. The molecule has 0 aromatic carbocycles. The van der Waals surface area contributed by atoms with Gasteiger partial charge in [-0.1, -0.05) is 12.8 Å². The standard InChI is InChI=1S/C13H26N2O/c14-10-12-4-1-2-5-13(12)11-15-6-3-8-16-9-7-15/h12-13H,1-11,14H2. The van der Waals surface area contributed by atoms with Crippen LogP contribution in [0.2, 0.25) is 0 Å². The number of nitrogens with zero attached hydrogens (tertiary/aromatic N) is 1. The van der Waals surface area contributed by atoms with Crippen molar-refractivity contribution in [2.75, 3.05) is 39.4 Å². The van der Waals surface area contributed by atoms with Gasteiger partial charge in [-0.3, -0.25) is 0 Å². The van der Waals surface area contributed by atoms with Crippen molar-refractivity contribution in [3.05, 3.63) is 0 Å². The van der Waals surface area contributed by atoms with Gasteiger partial charge in [0.05, 0.1) is 6.61 Å². The molecule has 2 aliphatic rings. The van der Waals surface area contributed by atoms with Crippen LogP contribution < -0.4 is 5.73 Å². The molecule has 0 spiro atoms. The van der Waals surface area contributed by atoms with Gasteiger partial charge in [0.25, 0.3) is 0 Å². The molecule has 2 atom stereocenters. The topological polar surface area (TPSA) is 38.5 Å². The summed E-state index contributed by atoms with van der Waals surface area (Å²) in [6.45, 7) is 6.34. The van der Waals surface area contributed by atoms with Crippen LogP contribution in [-0.2, 0) is 4.74 Å². The molecule has 1 aliphatic heterocycles. The van der Waals surface area contributed by atoms with Crippen LogP contribution >= 0.6 is 0 Å². The van der Waals surface area contributed by atoms with Crippen molar-refractivity contribution in [1.82, 2.24) is 4.90 Å². The summed E-state index contributed by atoms with van der Waals surface area (Å²) in [7, 11) is 0. The fourth-order valence-electron chi connectivity index (χ4n) is 3.15. The summed E-state index contributed by atoms with van der Waals surface area (Å²) in [6, 6.07) is 0. The van der Waals surface area contributed by atoms with Crippen molar-refractivity contribution in [3.8, 4) is 0 Å². The molecular formula is C13H26N2O. The quantitative estimate of drug-likeness (QED) is 0.792. The molecule has 1 saturated carbocycles. The van der Waals surface area contributed by atoms with Crippen molar-refractivity contribution in [1.29, 1.82) is 0 Å². The first-order valence-corrected chi connectivity index (χ1v) is 6.90. The van der Waals surface area contributed by atoms with Crippen LogP contribution in [0.5, 0.6) is 0 Å². The summed E-state index contributed by atoms with van der Waals surface area (Å²) in [5.41, 5.74) is 5.89. The van der Waals surface area contributed by atoms with E-state index in [0.29, 0.717) is 0 Å². The second kappa shape index (κ2) is 6.58. The van der Waals surface area contributed by atoms with Crippen molar-refractivity contribution >= 4 is 0 Å². The Morgan fingerprint density at radius 3 is 2.62 bits per heavy atom. The van der Waals surface area contributed by atoms with Gasteiger partial charge in [0.2, 0.25) is 0 Å². The molecule has 2 unspecified atom stereocenters. The lowest BCUT2D eigenvalue weighted by Gasteiger charge is -2.34. The number of rotatable bonds is 3. The predicted octanol–water partition coefficient (Wildman–Crippen LogP) is 1.47. The lowest BCUT2D eigenvalue weighted by molar-refractivity contribution is 0.126. The molecular weight excluding hydrogens is 200 g/mol. The molecule has 0 bridgehead atoms. The average molecular weight is 226 g/mol. The number of hydrogen-bond acceptors (Lipinski definition) is 3. The van der Waals surface area contributed by atoms with E-state index in [9.17, 15) is 0 Å². The molecule has 3 heteroatoms. The van der Waals surface area contributed by atoms with E-state index >= 15 is 0 Å². The van der Waals surface area contributed by atoms with Crippen LogP contribution in [0.1, 0.15) is 32.1 Å². The maximum absolute atomic E-state index is 5.89. The molecule has 2 rings (SSSR count). The van der Waals surface area contributed by atoms with Gasteiger partial charge in [0.1, 0.15) is 0 Å². The number of hydrogen-bond donors (Lipinski definition) is 1. The van der Waals surface area contributed by atoms with Gasteiger partial charge in [-0.2, -0.15) is 0 Å². The van der Waals surface area contributed by atoms with Gasteiger partial charge in [-0.25, -0.2) is 0 Å². The summed E-state index contributed by atoms with van der Waals surface area (Å²) in [6.07, 6.45) is 6.73. The minimum atomic E-state index is 0.776. The summed E-state index contributed by atoms with van der Waals surface area (Å²) in [5, 5.41) is 0. The van der Waals surface area contributed by atoms with Crippen LogP contribution in [0.3, 0.4) is 0 Å². The molecule has 0 radical (unpaired) electrons. The number of nitrogens with two attached hydrogens (primary N) is 1. The Balaban J connectivity index is 1.81. The highest BCUT2D eigenvalue weighted by Crippen LogP contribution is 2.30. The Morgan fingerprint density at radius 1 is 1.00 bits per heavy atom. The largest absolute Gasteiger partial charge is 0.380 e. The highest BCUT2D eigenvalue weighted by molar-refractivity contribution is 4.79. The van der Waals surface area contributed by atoms with Gasteiger partial charge < -0.3 is 15.4 Å². The van der Waals surface area contributed by atoms with E-state index in [1.807, 2.05) is 0 Å². The van der Waals surface area contributed by atoms with E-state index in [0.717, 1.165) is 38.1 Å². The van der Waals surface area contributed by atoms with Crippen LogP contribution in [0, 0.1) is 11.8 Å². The first kappa shape index (κ1) is 12.3. The second-order valence-electron chi connectivity index (χ2n) is 5.31. The fraction of sp³-hybridized carbons (Fsp3) is 1.00.